The maximum Gasteiger partial charge on any atom is 0.409 e. The molecule has 0 atom stereocenters. The van der Waals surface area contributed by atoms with Crippen LogP contribution in [0.1, 0.15) is 6.92 Å². The first kappa shape index (κ1) is 9.00. The summed E-state index contributed by atoms with van der Waals surface area (Å²) >= 11 is 0. The highest BCUT2D eigenvalue weighted by Crippen LogP contribution is 2.15. The number of rotatable bonds is 1. The van der Waals surface area contributed by atoms with Gasteiger partial charge in [-0.2, -0.15) is 13.2 Å². The molecule has 2 nitrogen and oxygen atoms in total. The lowest BCUT2D eigenvalue weighted by Crippen LogP contribution is -2.01. The number of oxime groups is 1. The molecule has 0 aromatic heterocycles. The van der Waals surface area contributed by atoms with Gasteiger partial charge in [0.15, 0.2) is 0 Å². The van der Waals surface area contributed by atoms with Crippen molar-refractivity contribution in [3.05, 3.63) is 12.2 Å². The van der Waals surface area contributed by atoms with Crippen LogP contribution in [0.3, 0.4) is 0 Å². The summed E-state index contributed by atoms with van der Waals surface area (Å²) < 4.78 is 34.0. The van der Waals surface area contributed by atoms with Gasteiger partial charge in [0.25, 0.3) is 0 Å². The van der Waals surface area contributed by atoms with E-state index >= 15 is 0 Å². The molecule has 0 fully saturated rings. The molecule has 0 aliphatic rings. The Bertz CT molecular complexity index is 159. The summed E-state index contributed by atoms with van der Waals surface area (Å²) in [7, 11) is 0. The second kappa shape index (κ2) is 3.24. The summed E-state index contributed by atoms with van der Waals surface area (Å²) in [6.07, 6.45) is -3.66. The summed E-state index contributed by atoms with van der Waals surface area (Å²) in [6, 6.07) is 0. The Morgan fingerprint density at radius 3 is 2.30 bits per heavy atom. The smallest absolute Gasteiger partial charge is 0.409 e. The molecular weight excluding hydrogens is 147 g/mol. The van der Waals surface area contributed by atoms with E-state index in [1.807, 2.05) is 0 Å². The molecule has 0 radical (unpaired) electrons. The Morgan fingerprint density at radius 2 is 2.00 bits per heavy atom. The largest absolute Gasteiger partial charge is 0.411 e. The van der Waals surface area contributed by atoms with Crippen LogP contribution in [0, 0.1) is 0 Å². The highest BCUT2D eigenvalue weighted by Gasteiger charge is 2.21. The Morgan fingerprint density at radius 1 is 1.50 bits per heavy atom. The van der Waals surface area contributed by atoms with Crippen molar-refractivity contribution < 1.29 is 18.4 Å². The summed E-state index contributed by atoms with van der Waals surface area (Å²) in [6.45, 7) is 1.25. The molecule has 5 heteroatoms. The van der Waals surface area contributed by atoms with Gasteiger partial charge in [-0.05, 0) is 13.0 Å². The number of hydrogen-bond donors (Lipinski definition) is 1. The zero-order valence-corrected chi connectivity index (χ0v) is 5.18. The van der Waals surface area contributed by atoms with Crippen molar-refractivity contribution in [3.8, 4) is 0 Å². The third kappa shape index (κ3) is 5.14. The van der Waals surface area contributed by atoms with Crippen molar-refractivity contribution in [3.63, 3.8) is 0 Å². The maximum atomic E-state index is 11.3. The number of hydrogen-bond acceptors (Lipinski definition) is 2. The van der Waals surface area contributed by atoms with Crippen molar-refractivity contribution in [2.75, 3.05) is 0 Å². The summed E-state index contributed by atoms with van der Waals surface area (Å²) in [5.41, 5.74) is -0.0858. The van der Waals surface area contributed by atoms with E-state index in [1.54, 1.807) is 0 Å². The highest BCUT2D eigenvalue weighted by molar-refractivity contribution is 5.92. The Balaban J connectivity index is 4.01. The molecule has 0 aromatic rings. The fourth-order valence-electron chi connectivity index (χ4n) is 0.248. The minimum atomic E-state index is -4.34. The SMILES string of the molecule is CC(C=CC(F)(F)F)=NO. The van der Waals surface area contributed by atoms with E-state index in [4.69, 9.17) is 5.21 Å². The van der Waals surface area contributed by atoms with Gasteiger partial charge >= 0.3 is 6.18 Å². The minimum absolute atomic E-state index is 0.00204. The molecular formula is C5H6F3NO. The van der Waals surface area contributed by atoms with E-state index < -0.39 is 6.18 Å². The Hall–Kier alpha value is -1.00. The third-order valence-corrected chi connectivity index (χ3v) is 0.671. The van der Waals surface area contributed by atoms with E-state index in [-0.39, 0.29) is 11.8 Å². The van der Waals surface area contributed by atoms with Gasteiger partial charge in [-0.3, -0.25) is 0 Å². The van der Waals surface area contributed by atoms with E-state index in [0.29, 0.717) is 6.08 Å². The molecule has 1 N–H and O–H groups in total. The first-order valence-electron chi connectivity index (χ1n) is 2.40. The van der Waals surface area contributed by atoms with Crippen LogP contribution in [0.25, 0.3) is 0 Å². The second-order valence-electron chi connectivity index (χ2n) is 1.62. The number of nitrogens with zero attached hydrogens (tertiary/aromatic N) is 1. The van der Waals surface area contributed by atoms with E-state index in [0.717, 1.165) is 0 Å². The first-order valence-corrected chi connectivity index (χ1v) is 2.40. The van der Waals surface area contributed by atoms with Gasteiger partial charge in [0.1, 0.15) is 0 Å². The third-order valence-electron chi connectivity index (χ3n) is 0.671. The maximum absolute atomic E-state index is 11.3. The molecule has 0 amide bonds. The van der Waals surface area contributed by atoms with Crippen LogP contribution in [0.15, 0.2) is 17.3 Å². The zero-order chi connectivity index (χ0) is 8.20. The molecule has 0 heterocycles. The standard InChI is InChI=1S/C5H6F3NO/c1-4(9-10)2-3-5(6,7)8/h2-3,10H,1H3. The summed E-state index contributed by atoms with van der Waals surface area (Å²) in [5, 5.41) is 10.4. The average molecular weight is 153 g/mol. The molecule has 0 bridgehead atoms. The molecule has 0 aliphatic heterocycles. The summed E-state index contributed by atoms with van der Waals surface area (Å²) in [5.74, 6) is 0. The molecule has 58 valence electrons. The fourth-order valence-corrected chi connectivity index (χ4v) is 0.248. The van der Waals surface area contributed by atoms with Crippen LogP contribution in [0.2, 0.25) is 0 Å². The zero-order valence-electron chi connectivity index (χ0n) is 5.18. The fraction of sp³-hybridized carbons (Fsp3) is 0.400. The Labute approximate surface area is 55.6 Å². The lowest BCUT2D eigenvalue weighted by molar-refractivity contribution is -0.0797. The second-order valence-corrected chi connectivity index (χ2v) is 1.62. The molecule has 0 rings (SSSR count). The molecule has 0 saturated heterocycles. The van der Waals surface area contributed by atoms with E-state index in [2.05, 4.69) is 5.16 Å². The average Bonchev–Trinajstić information content (AvgIpc) is 1.81. The predicted octanol–water partition coefficient (Wildman–Crippen LogP) is 1.95. The highest BCUT2D eigenvalue weighted by atomic mass is 19.4. The monoisotopic (exact) mass is 153 g/mol. The van der Waals surface area contributed by atoms with Crippen LogP contribution >= 0.6 is 0 Å². The number of allylic oxidation sites excluding steroid dienone is 2. The van der Waals surface area contributed by atoms with Crippen molar-refractivity contribution in [2.45, 2.75) is 13.1 Å². The van der Waals surface area contributed by atoms with Gasteiger partial charge in [-0.1, -0.05) is 5.16 Å². The van der Waals surface area contributed by atoms with Crippen molar-refractivity contribution in [1.82, 2.24) is 0 Å². The predicted molar refractivity (Wildman–Crippen MR) is 30.1 cm³/mol. The van der Waals surface area contributed by atoms with Crippen molar-refractivity contribution in [1.29, 1.82) is 0 Å². The van der Waals surface area contributed by atoms with Gasteiger partial charge in [-0.15, -0.1) is 0 Å². The van der Waals surface area contributed by atoms with Gasteiger partial charge < -0.3 is 5.21 Å². The number of alkyl halides is 3. The quantitative estimate of drug-likeness (QED) is 0.348. The Kier molecular flexibility index (Phi) is 2.92. The molecule has 0 aromatic carbocycles. The lowest BCUT2D eigenvalue weighted by atomic mass is 10.4. The van der Waals surface area contributed by atoms with Crippen LogP contribution < -0.4 is 0 Å². The van der Waals surface area contributed by atoms with Crippen LogP contribution in [0.4, 0.5) is 13.2 Å². The first-order chi connectivity index (χ1) is 4.45. The topological polar surface area (TPSA) is 32.6 Å². The van der Waals surface area contributed by atoms with Crippen LogP contribution in [-0.4, -0.2) is 17.1 Å². The van der Waals surface area contributed by atoms with Crippen LogP contribution in [-0.2, 0) is 0 Å². The van der Waals surface area contributed by atoms with Gasteiger partial charge in [0.2, 0.25) is 0 Å². The number of halogens is 3. The normalized spacial score (nSPS) is 14.6. The van der Waals surface area contributed by atoms with Gasteiger partial charge in [-0.25, -0.2) is 0 Å². The van der Waals surface area contributed by atoms with Crippen molar-refractivity contribution >= 4 is 5.71 Å². The van der Waals surface area contributed by atoms with Gasteiger partial charge in [0.05, 0.1) is 5.71 Å². The molecule has 10 heavy (non-hydrogen) atoms. The van der Waals surface area contributed by atoms with Gasteiger partial charge in [0, 0.05) is 6.08 Å². The van der Waals surface area contributed by atoms with Crippen molar-refractivity contribution in [2.24, 2.45) is 5.16 Å². The lowest BCUT2D eigenvalue weighted by Gasteiger charge is -1.95. The van der Waals surface area contributed by atoms with Crippen LogP contribution in [0.5, 0.6) is 0 Å². The van der Waals surface area contributed by atoms with E-state index in [9.17, 15) is 13.2 Å². The molecule has 0 spiro atoms. The molecule has 0 unspecified atom stereocenters. The molecule has 0 saturated carbocycles. The minimum Gasteiger partial charge on any atom is -0.411 e. The molecule has 0 aliphatic carbocycles. The van der Waals surface area contributed by atoms with E-state index in [1.165, 1.54) is 6.92 Å². The summed E-state index contributed by atoms with van der Waals surface area (Å²) in [4.78, 5) is 0.